The Morgan fingerprint density at radius 3 is 1.70 bits per heavy atom. The standard InChI is InChI=1S/C14H15F6NO2/c1-12(2,11(22)23-3)10(21)7-4-8(13(15,16)17)6-9(5-7)14(18,19)20/h4-6,10H,21H2,1-3H3/t10-/m0/s1. The van der Waals surface area contributed by atoms with Crippen LogP contribution in [0.15, 0.2) is 18.2 Å². The van der Waals surface area contributed by atoms with Crippen molar-refractivity contribution < 1.29 is 35.9 Å². The summed E-state index contributed by atoms with van der Waals surface area (Å²) in [4.78, 5) is 11.7. The van der Waals surface area contributed by atoms with E-state index in [2.05, 4.69) is 4.74 Å². The topological polar surface area (TPSA) is 52.3 Å². The molecule has 130 valence electrons. The molecule has 0 heterocycles. The van der Waals surface area contributed by atoms with Gasteiger partial charge >= 0.3 is 18.3 Å². The largest absolute Gasteiger partial charge is 0.469 e. The van der Waals surface area contributed by atoms with Crippen molar-refractivity contribution in [3.63, 3.8) is 0 Å². The fourth-order valence-electron chi connectivity index (χ4n) is 1.97. The van der Waals surface area contributed by atoms with E-state index in [-0.39, 0.29) is 6.07 Å². The number of carbonyl (C=O) groups excluding carboxylic acids is 1. The molecule has 0 amide bonds. The summed E-state index contributed by atoms with van der Waals surface area (Å²) < 4.78 is 81.4. The molecule has 0 aliphatic heterocycles. The van der Waals surface area contributed by atoms with Crippen LogP contribution in [0.25, 0.3) is 0 Å². The number of esters is 1. The summed E-state index contributed by atoms with van der Waals surface area (Å²) in [7, 11) is 1.05. The van der Waals surface area contributed by atoms with Gasteiger partial charge in [0.05, 0.1) is 23.7 Å². The number of ether oxygens (including phenoxy) is 1. The quantitative estimate of drug-likeness (QED) is 0.668. The zero-order valence-corrected chi connectivity index (χ0v) is 12.5. The molecule has 3 nitrogen and oxygen atoms in total. The summed E-state index contributed by atoms with van der Waals surface area (Å²) in [5, 5.41) is 0. The highest BCUT2D eigenvalue weighted by Crippen LogP contribution is 2.40. The first-order valence-corrected chi connectivity index (χ1v) is 6.34. The number of halogens is 6. The Labute approximate surface area is 128 Å². The molecule has 0 spiro atoms. The van der Waals surface area contributed by atoms with Crippen molar-refractivity contribution in [3.05, 3.63) is 34.9 Å². The number of methoxy groups -OCH3 is 1. The zero-order chi connectivity index (χ0) is 18.2. The molecule has 1 rings (SSSR count). The fourth-order valence-corrected chi connectivity index (χ4v) is 1.97. The smallest absolute Gasteiger partial charge is 0.416 e. The van der Waals surface area contributed by atoms with E-state index in [0.717, 1.165) is 7.11 Å². The molecule has 23 heavy (non-hydrogen) atoms. The molecule has 0 fully saturated rings. The molecule has 0 radical (unpaired) electrons. The Morgan fingerprint density at radius 2 is 1.39 bits per heavy atom. The number of nitrogens with two attached hydrogens (primary N) is 1. The molecular formula is C14H15F6NO2. The van der Waals surface area contributed by atoms with Crippen LogP contribution in [-0.4, -0.2) is 13.1 Å². The van der Waals surface area contributed by atoms with Crippen LogP contribution in [0.2, 0.25) is 0 Å². The number of alkyl halides is 6. The molecule has 1 aromatic carbocycles. The Kier molecular flexibility index (Phi) is 5.05. The maximum Gasteiger partial charge on any atom is 0.416 e. The third-order valence-electron chi connectivity index (χ3n) is 3.46. The Hall–Kier alpha value is -1.77. The Balaban J connectivity index is 3.49. The highest BCUT2D eigenvalue weighted by atomic mass is 19.4. The summed E-state index contributed by atoms with van der Waals surface area (Å²) in [5.74, 6) is -0.851. The molecular weight excluding hydrogens is 328 g/mol. The van der Waals surface area contributed by atoms with Crippen molar-refractivity contribution >= 4 is 5.97 Å². The van der Waals surface area contributed by atoms with Gasteiger partial charge in [-0.05, 0) is 37.6 Å². The molecule has 0 saturated heterocycles. The summed E-state index contributed by atoms with van der Waals surface area (Å²) in [6.07, 6.45) is -9.96. The van der Waals surface area contributed by atoms with Crippen LogP contribution < -0.4 is 5.73 Å². The van der Waals surface area contributed by atoms with Crippen molar-refractivity contribution in [3.8, 4) is 0 Å². The lowest BCUT2D eigenvalue weighted by Gasteiger charge is -2.29. The van der Waals surface area contributed by atoms with E-state index in [1.165, 1.54) is 13.8 Å². The van der Waals surface area contributed by atoms with Gasteiger partial charge in [-0.15, -0.1) is 0 Å². The van der Waals surface area contributed by atoms with Crippen molar-refractivity contribution in [2.45, 2.75) is 32.2 Å². The monoisotopic (exact) mass is 343 g/mol. The van der Waals surface area contributed by atoms with Gasteiger partial charge in [0, 0.05) is 6.04 Å². The van der Waals surface area contributed by atoms with Crippen molar-refractivity contribution in [1.82, 2.24) is 0 Å². The molecule has 0 aliphatic rings. The first kappa shape index (κ1) is 19.3. The van der Waals surface area contributed by atoms with Gasteiger partial charge < -0.3 is 10.5 Å². The van der Waals surface area contributed by atoms with E-state index in [0.29, 0.717) is 12.1 Å². The number of hydrogen-bond donors (Lipinski definition) is 1. The number of benzene rings is 1. The summed E-state index contributed by atoms with van der Waals surface area (Å²) in [5.41, 5.74) is 0.795. The van der Waals surface area contributed by atoms with Gasteiger partial charge in [0.1, 0.15) is 0 Å². The number of hydrogen-bond acceptors (Lipinski definition) is 3. The lowest BCUT2D eigenvalue weighted by molar-refractivity contribution is -0.152. The first-order chi connectivity index (χ1) is 10.2. The molecule has 9 heteroatoms. The minimum atomic E-state index is -4.98. The summed E-state index contributed by atoms with van der Waals surface area (Å²) in [6.45, 7) is 2.55. The minimum Gasteiger partial charge on any atom is -0.469 e. The highest BCUT2D eigenvalue weighted by molar-refractivity contribution is 5.77. The SMILES string of the molecule is COC(=O)C(C)(C)[C@@H](N)c1cc(C(F)(F)F)cc(C(F)(F)F)c1. The molecule has 1 atom stereocenters. The van der Waals surface area contributed by atoms with Gasteiger partial charge in [-0.1, -0.05) is 0 Å². The van der Waals surface area contributed by atoms with Crippen LogP contribution >= 0.6 is 0 Å². The third-order valence-corrected chi connectivity index (χ3v) is 3.46. The van der Waals surface area contributed by atoms with Crippen LogP contribution in [-0.2, 0) is 21.9 Å². The van der Waals surface area contributed by atoms with E-state index in [4.69, 9.17) is 5.73 Å². The maximum absolute atomic E-state index is 12.8. The second kappa shape index (κ2) is 6.03. The van der Waals surface area contributed by atoms with Crippen molar-refractivity contribution in [1.29, 1.82) is 0 Å². The van der Waals surface area contributed by atoms with Crippen LogP contribution in [0.3, 0.4) is 0 Å². The van der Waals surface area contributed by atoms with Crippen molar-refractivity contribution in [2.24, 2.45) is 11.1 Å². The highest BCUT2D eigenvalue weighted by Gasteiger charge is 2.41. The first-order valence-electron chi connectivity index (χ1n) is 6.34. The summed E-state index contributed by atoms with van der Waals surface area (Å²) >= 11 is 0. The molecule has 0 bridgehead atoms. The average Bonchev–Trinajstić information content (AvgIpc) is 2.43. The van der Waals surface area contributed by atoms with Gasteiger partial charge in [0.15, 0.2) is 0 Å². The minimum absolute atomic E-state index is 0.00135. The van der Waals surface area contributed by atoms with Crippen LogP contribution in [0.1, 0.15) is 36.6 Å². The predicted molar refractivity (Wildman–Crippen MR) is 69.2 cm³/mol. The van der Waals surface area contributed by atoms with Gasteiger partial charge in [-0.3, -0.25) is 4.79 Å². The molecule has 0 aromatic heterocycles. The maximum atomic E-state index is 12.8. The second-order valence-corrected chi connectivity index (χ2v) is 5.53. The molecule has 0 unspecified atom stereocenters. The predicted octanol–water partition coefficient (Wildman–Crippen LogP) is 3.92. The zero-order valence-electron chi connectivity index (χ0n) is 12.5. The number of rotatable bonds is 3. The van der Waals surface area contributed by atoms with E-state index in [9.17, 15) is 31.1 Å². The molecule has 2 N–H and O–H groups in total. The van der Waals surface area contributed by atoms with Gasteiger partial charge in [-0.2, -0.15) is 26.3 Å². The Morgan fingerprint density at radius 1 is 1.00 bits per heavy atom. The molecule has 0 saturated carbocycles. The van der Waals surface area contributed by atoms with Crippen LogP contribution in [0, 0.1) is 5.41 Å². The lowest BCUT2D eigenvalue weighted by atomic mass is 9.80. The number of carbonyl (C=O) groups is 1. The van der Waals surface area contributed by atoms with Crippen LogP contribution in [0.5, 0.6) is 0 Å². The van der Waals surface area contributed by atoms with E-state index in [1.54, 1.807) is 0 Å². The fraction of sp³-hybridized carbons (Fsp3) is 0.500. The molecule has 0 aliphatic carbocycles. The van der Waals surface area contributed by atoms with Crippen molar-refractivity contribution in [2.75, 3.05) is 7.11 Å². The van der Waals surface area contributed by atoms with Gasteiger partial charge in [0.2, 0.25) is 0 Å². The van der Waals surface area contributed by atoms with Gasteiger partial charge in [0.25, 0.3) is 0 Å². The lowest BCUT2D eigenvalue weighted by Crippen LogP contribution is -2.37. The Bertz CT molecular complexity index is 560. The van der Waals surface area contributed by atoms with E-state index >= 15 is 0 Å². The average molecular weight is 343 g/mol. The van der Waals surface area contributed by atoms with E-state index < -0.39 is 46.5 Å². The van der Waals surface area contributed by atoms with E-state index in [1.807, 2.05) is 0 Å². The summed E-state index contributed by atoms with van der Waals surface area (Å²) in [6, 6.07) is -0.408. The van der Waals surface area contributed by atoms with Gasteiger partial charge in [-0.25, -0.2) is 0 Å². The second-order valence-electron chi connectivity index (χ2n) is 5.53. The molecule has 1 aromatic rings. The van der Waals surface area contributed by atoms with Crippen LogP contribution in [0.4, 0.5) is 26.3 Å². The normalized spacial score (nSPS) is 14.5. The third kappa shape index (κ3) is 4.15.